The maximum Gasteiger partial charge on any atom is 0.269 e. The minimum absolute atomic E-state index is 0.221. The first-order valence-corrected chi connectivity index (χ1v) is 13.4. The first-order chi connectivity index (χ1) is 18.4. The Morgan fingerprint density at radius 3 is 2.55 bits per heavy atom. The van der Waals surface area contributed by atoms with Gasteiger partial charge < -0.3 is 11.1 Å². The summed E-state index contributed by atoms with van der Waals surface area (Å²) < 4.78 is 2.39. The Morgan fingerprint density at radius 2 is 1.82 bits per heavy atom. The molecule has 5 aromatic rings. The lowest BCUT2D eigenvalue weighted by molar-refractivity contribution is 0.101. The average molecular weight is 587 g/mol. The van der Waals surface area contributed by atoms with Crippen LogP contribution in [0.3, 0.4) is 0 Å². The van der Waals surface area contributed by atoms with E-state index in [1.807, 2.05) is 42.5 Å². The van der Waals surface area contributed by atoms with E-state index in [1.165, 1.54) is 18.3 Å². The maximum absolute atomic E-state index is 13.8. The van der Waals surface area contributed by atoms with Gasteiger partial charge in [-0.25, -0.2) is 24.2 Å². The second-order valence-electron chi connectivity index (χ2n) is 8.78. The molecule has 8 nitrogen and oxygen atoms in total. The Labute approximate surface area is 233 Å². The molecule has 3 N–H and O–H groups in total. The van der Waals surface area contributed by atoms with Gasteiger partial charge in [0.1, 0.15) is 18.0 Å². The van der Waals surface area contributed by atoms with Gasteiger partial charge in [0.05, 0.1) is 5.39 Å². The summed E-state index contributed by atoms with van der Waals surface area (Å²) >= 11 is 4.69. The summed E-state index contributed by atoms with van der Waals surface area (Å²) in [5.74, 6) is 1.20. The van der Waals surface area contributed by atoms with Crippen molar-refractivity contribution in [1.29, 1.82) is 0 Å². The molecule has 0 radical (unpaired) electrons. The molecule has 0 fully saturated rings. The normalized spacial score (nSPS) is 11.1. The molecule has 5 rings (SSSR count). The number of amides is 1. The number of nitrogens with zero attached hydrogens (tertiary/aromatic N) is 5. The average Bonchev–Trinajstić information content (AvgIpc) is 2.93. The number of benzene rings is 2. The van der Waals surface area contributed by atoms with Gasteiger partial charge in [-0.3, -0.25) is 4.79 Å². The predicted molar refractivity (Wildman–Crippen MR) is 157 cm³/mol. The van der Waals surface area contributed by atoms with Crippen LogP contribution < -0.4 is 15.4 Å². The van der Waals surface area contributed by atoms with E-state index in [-0.39, 0.29) is 5.91 Å². The van der Waals surface area contributed by atoms with Gasteiger partial charge in [0.2, 0.25) is 0 Å². The lowest BCUT2D eigenvalue weighted by atomic mass is 10.1. The van der Waals surface area contributed by atoms with Crippen LogP contribution in [0.2, 0.25) is 0 Å². The Morgan fingerprint density at radius 1 is 1.00 bits per heavy atom. The third kappa shape index (κ3) is 5.76. The van der Waals surface area contributed by atoms with E-state index in [0.717, 1.165) is 20.4 Å². The van der Waals surface area contributed by atoms with E-state index in [0.29, 0.717) is 40.1 Å². The van der Waals surface area contributed by atoms with Crippen molar-refractivity contribution in [2.45, 2.75) is 24.7 Å². The second-order valence-corrected chi connectivity index (χ2v) is 10.7. The van der Waals surface area contributed by atoms with Gasteiger partial charge in [-0.05, 0) is 101 Å². The molecule has 0 bridgehead atoms. The molecule has 38 heavy (non-hydrogen) atoms. The zero-order valence-corrected chi connectivity index (χ0v) is 23.1. The lowest BCUT2D eigenvalue weighted by Crippen LogP contribution is -2.24. The van der Waals surface area contributed by atoms with Crippen LogP contribution in [0.15, 0.2) is 94.7 Å². The third-order valence-corrected chi connectivity index (χ3v) is 7.15. The van der Waals surface area contributed by atoms with Crippen LogP contribution in [0.5, 0.6) is 0 Å². The van der Waals surface area contributed by atoms with E-state index >= 15 is 0 Å². The van der Waals surface area contributed by atoms with Crippen LogP contribution >= 0.6 is 27.9 Å². The van der Waals surface area contributed by atoms with E-state index < -0.39 is 0 Å². The number of fused-ring (bicyclic) bond motifs is 1. The monoisotopic (exact) mass is 585 g/mol. The Kier molecular flexibility index (Phi) is 7.52. The molecular formula is C28H24BrN7OS. The first-order valence-electron chi connectivity index (χ1n) is 11.9. The molecule has 0 aliphatic heterocycles. The molecule has 0 saturated carbocycles. The number of nitrogens with two attached hydrogens (primary N) is 1. The smallest absolute Gasteiger partial charge is 0.269 e. The van der Waals surface area contributed by atoms with Crippen LogP contribution in [-0.2, 0) is 0 Å². The number of nitrogens with one attached hydrogen (secondary N) is 1. The fourth-order valence-corrected chi connectivity index (χ4v) is 4.77. The highest BCUT2D eigenvalue weighted by atomic mass is 79.9. The fourth-order valence-electron chi connectivity index (χ4n) is 3.68. The molecule has 0 spiro atoms. The van der Waals surface area contributed by atoms with Crippen molar-refractivity contribution in [3.63, 3.8) is 0 Å². The molecule has 3 heterocycles. The number of hydrogen-bond donors (Lipinski definition) is 2. The molecule has 10 heteroatoms. The van der Waals surface area contributed by atoms with Crippen molar-refractivity contribution in [3.05, 3.63) is 101 Å². The molecule has 0 aliphatic rings. The Balaban J connectivity index is 1.45. The highest BCUT2D eigenvalue weighted by Crippen LogP contribution is 2.32. The zero-order chi connectivity index (χ0) is 26.6. The number of halogens is 1. The first kappa shape index (κ1) is 25.6. The van der Waals surface area contributed by atoms with Gasteiger partial charge >= 0.3 is 0 Å². The van der Waals surface area contributed by atoms with Crippen LogP contribution in [-0.4, -0.2) is 25.8 Å². The fraction of sp³-hybridized carbons (Fsp3) is 0.107. The molecule has 0 unspecified atom stereocenters. The summed E-state index contributed by atoms with van der Waals surface area (Å²) in [6, 6.07) is 22.2. The summed E-state index contributed by atoms with van der Waals surface area (Å²) in [5, 5.41) is 4.13. The van der Waals surface area contributed by atoms with Gasteiger partial charge in [0.25, 0.3) is 5.91 Å². The molecule has 190 valence electrons. The van der Waals surface area contributed by atoms with E-state index in [9.17, 15) is 4.79 Å². The number of nitrogen functional groups attached to an aromatic ring is 1. The van der Waals surface area contributed by atoms with Gasteiger partial charge in [-0.2, -0.15) is 0 Å². The van der Waals surface area contributed by atoms with Crippen molar-refractivity contribution >= 4 is 67.8 Å². The number of rotatable bonds is 7. The molecular weight excluding hydrogens is 562 g/mol. The zero-order valence-electron chi connectivity index (χ0n) is 20.7. The van der Waals surface area contributed by atoms with Crippen LogP contribution in [0, 0.1) is 0 Å². The molecule has 1 amide bonds. The van der Waals surface area contributed by atoms with Crippen LogP contribution in [0.4, 0.5) is 23.0 Å². The van der Waals surface area contributed by atoms with Crippen molar-refractivity contribution in [2.75, 3.05) is 15.4 Å². The van der Waals surface area contributed by atoms with Gasteiger partial charge in [0.15, 0.2) is 5.65 Å². The second kappa shape index (κ2) is 11.2. The minimum Gasteiger partial charge on any atom is -0.399 e. The maximum atomic E-state index is 13.8. The quantitative estimate of drug-likeness (QED) is 0.155. The van der Waals surface area contributed by atoms with E-state index in [2.05, 4.69) is 55.0 Å². The number of carbonyl (C=O) groups is 1. The molecule has 0 aliphatic carbocycles. The summed E-state index contributed by atoms with van der Waals surface area (Å²) in [6.45, 7) is 4.19. The Hall–Kier alpha value is -4.02. The van der Waals surface area contributed by atoms with Crippen molar-refractivity contribution < 1.29 is 4.79 Å². The number of aromatic nitrogens is 4. The van der Waals surface area contributed by atoms with E-state index in [1.54, 1.807) is 40.8 Å². The molecule has 2 aromatic carbocycles. The number of anilines is 4. The molecule has 0 atom stereocenters. The SMILES string of the molecule is CC(C)c1ccc2c(Nc3cccc(C(=O)N(Sc4ccc(N)cc4)c4ccc(Br)cn4)c3)ncnc2n1. The summed E-state index contributed by atoms with van der Waals surface area (Å²) in [5.41, 5.74) is 9.28. The standard InChI is InChI=1S/C28H24BrN7OS/c1-17(2)24-12-11-23-26(32-16-33-27(23)35-24)34-21-5-3-4-18(14-21)28(37)36(25-13-6-19(29)15-31-25)38-22-9-7-20(30)8-10-22/h3-17H,30H2,1-2H3,(H,32,33,34,35). The number of carbonyl (C=O) groups excluding carboxylic acids is 1. The molecule has 3 aromatic heterocycles. The topological polar surface area (TPSA) is 110 Å². The highest BCUT2D eigenvalue weighted by molar-refractivity contribution is 9.10. The predicted octanol–water partition coefficient (Wildman–Crippen LogP) is 6.99. The lowest BCUT2D eigenvalue weighted by Gasteiger charge is -2.21. The van der Waals surface area contributed by atoms with E-state index in [4.69, 9.17) is 5.73 Å². The van der Waals surface area contributed by atoms with Crippen molar-refractivity contribution in [3.8, 4) is 0 Å². The summed E-state index contributed by atoms with van der Waals surface area (Å²) in [6.07, 6.45) is 3.15. The number of pyridine rings is 2. The van der Waals surface area contributed by atoms with Crippen LogP contribution in [0.25, 0.3) is 11.0 Å². The van der Waals surface area contributed by atoms with Gasteiger partial charge in [0, 0.05) is 38.2 Å². The minimum atomic E-state index is -0.221. The summed E-state index contributed by atoms with van der Waals surface area (Å²) in [7, 11) is 0. The van der Waals surface area contributed by atoms with Crippen molar-refractivity contribution in [2.24, 2.45) is 0 Å². The highest BCUT2D eigenvalue weighted by Gasteiger charge is 2.21. The van der Waals surface area contributed by atoms with Crippen LogP contribution in [0.1, 0.15) is 35.8 Å². The van der Waals surface area contributed by atoms with Crippen molar-refractivity contribution in [1.82, 2.24) is 19.9 Å². The van der Waals surface area contributed by atoms with Gasteiger partial charge in [-0.1, -0.05) is 19.9 Å². The third-order valence-electron chi connectivity index (χ3n) is 5.66. The Bertz CT molecular complexity index is 1590. The summed E-state index contributed by atoms with van der Waals surface area (Å²) in [4.78, 5) is 32.5. The largest absolute Gasteiger partial charge is 0.399 e. The molecule has 0 saturated heterocycles. The van der Waals surface area contributed by atoms with Gasteiger partial charge in [-0.15, -0.1) is 0 Å². The number of hydrogen-bond acceptors (Lipinski definition) is 8.